The maximum absolute atomic E-state index is 12.3. The lowest BCUT2D eigenvalue weighted by Gasteiger charge is -2.35. The Morgan fingerprint density at radius 2 is 1.91 bits per heavy atom. The second kappa shape index (κ2) is 6.02. The number of nitrogens with zero attached hydrogens (tertiary/aromatic N) is 4. The number of piperazine rings is 1. The number of carbonyl (C=O) groups excluding carboxylic acids is 1. The van der Waals surface area contributed by atoms with E-state index in [0.29, 0.717) is 18.7 Å². The molecule has 6 nitrogen and oxygen atoms in total. The molecule has 0 aromatic carbocycles. The normalized spacial score (nSPS) is 17.9. The molecular formula is C17H20N4O2. The summed E-state index contributed by atoms with van der Waals surface area (Å²) < 4.78 is 4.99. The minimum atomic E-state index is 0.0370. The fourth-order valence-electron chi connectivity index (χ4n) is 3.34. The van der Waals surface area contributed by atoms with Gasteiger partial charge in [0.1, 0.15) is 6.26 Å². The number of hydrogen-bond donors (Lipinski definition) is 0. The first-order chi connectivity index (χ1) is 11.3. The van der Waals surface area contributed by atoms with E-state index < -0.39 is 0 Å². The van der Waals surface area contributed by atoms with Crippen LogP contribution in [0.3, 0.4) is 0 Å². The van der Waals surface area contributed by atoms with Gasteiger partial charge in [0.15, 0.2) is 5.82 Å². The molecule has 0 saturated carbocycles. The molecule has 1 aliphatic carbocycles. The quantitative estimate of drug-likeness (QED) is 0.847. The first kappa shape index (κ1) is 14.2. The summed E-state index contributed by atoms with van der Waals surface area (Å²) in [6.45, 7) is 2.97. The number of furan rings is 1. The topological polar surface area (TPSA) is 62.5 Å². The van der Waals surface area contributed by atoms with Crippen LogP contribution in [0.2, 0.25) is 0 Å². The van der Waals surface area contributed by atoms with Gasteiger partial charge in [0, 0.05) is 26.2 Å². The van der Waals surface area contributed by atoms with Gasteiger partial charge in [0.2, 0.25) is 0 Å². The molecule has 0 unspecified atom stereocenters. The summed E-state index contributed by atoms with van der Waals surface area (Å²) in [5.41, 5.74) is 3.12. The van der Waals surface area contributed by atoms with Gasteiger partial charge in [-0.15, -0.1) is 5.10 Å². The highest BCUT2D eigenvalue weighted by Crippen LogP contribution is 2.23. The number of aromatic nitrogens is 2. The number of aryl methyl sites for hydroxylation is 2. The maximum Gasteiger partial charge on any atom is 0.257 e. The molecule has 120 valence electrons. The van der Waals surface area contributed by atoms with E-state index in [4.69, 9.17) is 4.42 Å². The first-order valence-corrected chi connectivity index (χ1v) is 8.23. The van der Waals surface area contributed by atoms with Crippen LogP contribution in [0.5, 0.6) is 0 Å². The van der Waals surface area contributed by atoms with E-state index in [0.717, 1.165) is 37.4 Å². The Bertz CT molecular complexity index is 691. The maximum atomic E-state index is 12.3. The fourth-order valence-corrected chi connectivity index (χ4v) is 3.34. The molecule has 1 amide bonds. The van der Waals surface area contributed by atoms with Gasteiger partial charge in [0.05, 0.1) is 17.5 Å². The summed E-state index contributed by atoms with van der Waals surface area (Å²) in [4.78, 5) is 16.4. The molecule has 2 aliphatic rings. The van der Waals surface area contributed by atoms with E-state index in [1.165, 1.54) is 30.9 Å². The van der Waals surface area contributed by atoms with Crippen LogP contribution in [0.4, 0.5) is 5.82 Å². The van der Waals surface area contributed by atoms with Gasteiger partial charge in [-0.05, 0) is 43.4 Å². The molecular weight excluding hydrogens is 292 g/mol. The number of fused-ring (bicyclic) bond motifs is 1. The van der Waals surface area contributed by atoms with E-state index >= 15 is 0 Å². The van der Waals surface area contributed by atoms with Crippen molar-refractivity contribution in [2.75, 3.05) is 31.1 Å². The van der Waals surface area contributed by atoms with Crippen molar-refractivity contribution in [1.82, 2.24) is 15.1 Å². The van der Waals surface area contributed by atoms with Crippen molar-refractivity contribution in [2.45, 2.75) is 25.7 Å². The smallest absolute Gasteiger partial charge is 0.257 e. The lowest BCUT2D eigenvalue weighted by Crippen LogP contribution is -2.49. The first-order valence-electron chi connectivity index (χ1n) is 8.23. The van der Waals surface area contributed by atoms with Gasteiger partial charge in [-0.2, -0.15) is 5.10 Å². The Labute approximate surface area is 135 Å². The average molecular weight is 312 g/mol. The molecule has 2 aromatic heterocycles. The highest BCUT2D eigenvalue weighted by molar-refractivity contribution is 5.94. The van der Waals surface area contributed by atoms with Crippen molar-refractivity contribution in [2.24, 2.45) is 0 Å². The largest absolute Gasteiger partial charge is 0.472 e. The molecule has 0 radical (unpaired) electrons. The zero-order valence-electron chi connectivity index (χ0n) is 13.1. The summed E-state index contributed by atoms with van der Waals surface area (Å²) in [6.07, 6.45) is 7.66. The summed E-state index contributed by atoms with van der Waals surface area (Å²) in [6, 6.07) is 3.90. The van der Waals surface area contributed by atoms with Crippen LogP contribution in [-0.4, -0.2) is 47.2 Å². The van der Waals surface area contributed by atoms with Crippen LogP contribution in [0.1, 0.15) is 34.5 Å². The highest BCUT2D eigenvalue weighted by Gasteiger charge is 2.24. The lowest BCUT2D eigenvalue weighted by molar-refractivity contribution is 0.0745. The predicted octanol–water partition coefficient (Wildman–Crippen LogP) is 1.91. The third kappa shape index (κ3) is 2.81. The predicted molar refractivity (Wildman–Crippen MR) is 85.5 cm³/mol. The zero-order chi connectivity index (χ0) is 15.6. The summed E-state index contributed by atoms with van der Waals surface area (Å²) in [5, 5.41) is 8.80. The molecule has 23 heavy (non-hydrogen) atoms. The molecule has 4 rings (SSSR count). The van der Waals surface area contributed by atoms with Gasteiger partial charge < -0.3 is 14.2 Å². The average Bonchev–Trinajstić information content (AvgIpc) is 3.15. The molecule has 0 spiro atoms. The second-order valence-electron chi connectivity index (χ2n) is 6.17. The molecule has 1 saturated heterocycles. The van der Waals surface area contributed by atoms with Crippen LogP contribution < -0.4 is 4.90 Å². The number of rotatable bonds is 2. The second-order valence-corrected chi connectivity index (χ2v) is 6.17. The van der Waals surface area contributed by atoms with Gasteiger partial charge in [-0.3, -0.25) is 4.79 Å². The van der Waals surface area contributed by atoms with Crippen LogP contribution in [0.25, 0.3) is 0 Å². The number of amides is 1. The number of carbonyl (C=O) groups is 1. The van der Waals surface area contributed by atoms with Crippen LogP contribution in [0.15, 0.2) is 29.1 Å². The Kier molecular flexibility index (Phi) is 3.73. The Balaban J connectivity index is 1.42. The third-order valence-electron chi connectivity index (χ3n) is 4.72. The van der Waals surface area contributed by atoms with Crippen LogP contribution in [0, 0.1) is 0 Å². The van der Waals surface area contributed by atoms with Gasteiger partial charge in [-0.25, -0.2) is 0 Å². The molecule has 0 N–H and O–H groups in total. The van der Waals surface area contributed by atoms with Crippen molar-refractivity contribution in [3.05, 3.63) is 41.5 Å². The van der Waals surface area contributed by atoms with E-state index in [1.807, 2.05) is 4.90 Å². The minimum Gasteiger partial charge on any atom is -0.472 e. The molecule has 2 aromatic rings. The SMILES string of the molecule is O=C(c1ccoc1)N1CCN(c2cc3c(nn2)CCCC3)CC1. The summed E-state index contributed by atoms with van der Waals surface area (Å²) in [5.74, 6) is 0.982. The Morgan fingerprint density at radius 3 is 2.70 bits per heavy atom. The molecule has 0 atom stereocenters. The van der Waals surface area contributed by atoms with Gasteiger partial charge >= 0.3 is 0 Å². The van der Waals surface area contributed by atoms with Gasteiger partial charge in [0.25, 0.3) is 5.91 Å². The lowest BCUT2D eigenvalue weighted by atomic mass is 9.97. The molecule has 1 fully saturated rings. The molecule has 0 bridgehead atoms. The highest BCUT2D eigenvalue weighted by atomic mass is 16.3. The van der Waals surface area contributed by atoms with Crippen LogP contribution in [-0.2, 0) is 12.8 Å². The molecule has 1 aliphatic heterocycles. The fraction of sp³-hybridized carbons (Fsp3) is 0.471. The van der Waals surface area contributed by atoms with Crippen molar-refractivity contribution >= 4 is 11.7 Å². The Hall–Kier alpha value is -2.37. The van der Waals surface area contributed by atoms with E-state index in [9.17, 15) is 4.79 Å². The molecule has 6 heteroatoms. The molecule has 3 heterocycles. The van der Waals surface area contributed by atoms with E-state index in [1.54, 1.807) is 6.07 Å². The van der Waals surface area contributed by atoms with Crippen molar-refractivity contribution in [3.8, 4) is 0 Å². The number of hydrogen-bond acceptors (Lipinski definition) is 5. The monoisotopic (exact) mass is 312 g/mol. The third-order valence-corrected chi connectivity index (χ3v) is 4.72. The Morgan fingerprint density at radius 1 is 1.09 bits per heavy atom. The summed E-state index contributed by atoms with van der Waals surface area (Å²) in [7, 11) is 0. The number of anilines is 1. The zero-order valence-corrected chi connectivity index (χ0v) is 13.1. The van der Waals surface area contributed by atoms with Crippen molar-refractivity contribution in [1.29, 1.82) is 0 Å². The van der Waals surface area contributed by atoms with Gasteiger partial charge in [-0.1, -0.05) is 0 Å². The minimum absolute atomic E-state index is 0.0370. The van der Waals surface area contributed by atoms with Crippen molar-refractivity contribution < 1.29 is 9.21 Å². The van der Waals surface area contributed by atoms with Crippen molar-refractivity contribution in [3.63, 3.8) is 0 Å². The summed E-state index contributed by atoms with van der Waals surface area (Å²) >= 11 is 0. The van der Waals surface area contributed by atoms with E-state index in [2.05, 4.69) is 21.2 Å². The van der Waals surface area contributed by atoms with Crippen LogP contribution >= 0.6 is 0 Å². The standard InChI is InChI=1S/C17H20N4O2/c22-17(14-5-10-23-12-14)21-8-6-20(7-9-21)16-11-13-3-1-2-4-15(13)18-19-16/h5,10-12H,1-4,6-9H2. The van der Waals surface area contributed by atoms with E-state index in [-0.39, 0.29) is 5.91 Å².